The SMILES string of the molecule is CC(C)=CCO[C@H]1COCC[C@@H]1NC(=O)c1c(C)nc2ncccn12. The molecule has 1 N–H and O–H groups in total. The first-order valence-corrected chi connectivity index (χ1v) is 8.49. The van der Waals surface area contributed by atoms with Crippen molar-refractivity contribution >= 4 is 11.7 Å². The van der Waals surface area contributed by atoms with Gasteiger partial charge in [0.05, 0.1) is 24.9 Å². The molecular weight excluding hydrogens is 320 g/mol. The van der Waals surface area contributed by atoms with Crippen LogP contribution in [0.3, 0.4) is 0 Å². The minimum absolute atomic E-state index is 0.0894. The maximum Gasteiger partial charge on any atom is 0.270 e. The van der Waals surface area contributed by atoms with Gasteiger partial charge in [-0.25, -0.2) is 9.97 Å². The molecule has 0 saturated carbocycles. The van der Waals surface area contributed by atoms with Crippen LogP contribution in [0.1, 0.15) is 36.5 Å². The van der Waals surface area contributed by atoms with Gasteiger partial charge < -0.3 is 14.8 Å². The molecule has 3 rings (SSSR count). The lowest BCUT2D eigenvalue weighted by Gasteiger charge is -2.31. The van der Waals surface area contributed by atoms with Crippen LogP contribution >= 0.6 is 0 Å². The molecule has 25 heavy (non-hydrogen) atoms. The van der Waals surface area contributed by atoms with Gasteiger partial charge in [0.2, 0.25) is 5.78 Å². The highest BCUT2D eigenvalue weighted by molar-refractivity contribution is 5.94. The number of amides is 1. The minimum atomic E-state index is -0.166. The molecule has 1 fully saturated rings. The Morgan fingerprint density at radius 1 is 1.52 bits per heavy atom. The highest BCUT2D eigenvalue weighted by Crippen LogP contribution is 2.15. The fourth-order valence-corrected chi connectivity index (χ4v) is 2.89. The van der Waals surface area contributed by atoms with Crippen molar-refractivity contribution in [1.82, 2.24) is 19.7 Å². The number of fused-ring (bicyclic) bond motifs is 1. The van der Waals surface area contributed by atoms with E-state index in [0.29, 0.717) is 37.0 Å². The van der Waals surface area contributed by atoms with Gasteiger partial charge in [0, 0.05) is 19.0 Å². The Morgan fingerprint density at radius 3 is 3.16 bits per heavy atom. The number of aryl methyl sites for hydroxylation is 1. The van der Waals surface area contributed by atoms with E-state index in [9.17, 15) is 4.79 Å². The number of rotatable bonds is 5. The topological polar surface area (TPSA) is 77.8 Å². The third kappa shape index (κ3) is 4.05. The standard InChI is InChI=1S/C18H24N4O3/c1-12(2)5-10-25-15-11-24-9-6-14(15)21-17(23)16-13(3)20-18-19-7-4-8-22(16)18/h4-5,7-8,14-15H,6,9-11H2,1-3H3,(H,21,23)/t14-,15-/m0/s1. The monoisotopic (exact) mass is 344 g/mol. The molecule has 1 saturated heterocycles. The number of hydrogen-bond donors (Lipinski definition) is 1. The van der Waals surface area contributed by atoms with Gasteiger partial charge in [0.1, 0.15) is 11.8 Å². The van der Waals surface area contributed by atoms with Gasteiger partial charge in [-0.3, -0.25) is 9.20 Å². The lowest BCUT2D eigenvalue weighted by molar-refractivity contribution is -0.0589. The van der Waals surface area contributed by atoms with Crippen molar-refractivity contribution in [3.05, 3.63) is 41.5 Å². The maximum atomic E-state index is 12.8. The summed E-state index contributed by atoms with van der Waals surface area (Å²) in [6.07, 6.45) is 6.04. The Bertz CT molecular complexity index is 780. The molecule has 3 heterocycles. The van der Waals surface area contributed by atoms with Crippen molar-refractivity contribution in [2.45, 2.75) is 39.3 Å². The molecule has 7 nitrogen and oxygen atoms in total. The number of nitrogens with zero attached hydrogens (tertiary/aromatic N) is 3. The molecule has 1 aliphatic heterocycles. The molecule has 7 heteroatoms. The molecule has 1 amide bonds. The molecule has 2 aromatic heterocycles. The third-order valence-electron chi connectivity index (χ3n) is 4.22. The van der Waals surface area contributed by atoms with Gasteiger partial charge in [0.25, 0.3) is 5.91 Å². The van der Waals surface area contributed by atoms with Gasteiger partial charge in [0.15, 0.2) is 0 Å². The van der Waals surface area contributed by atoms with Gasteiger partial charge >= 0.3 is 0 Å². The summed E-state index contributed by atoms with van der Waals surface area (Å²) in [6.45, 7) is 7.48. The quantitative estimate of drug-likeness (QED) is 0.839. The summed E-state index contributed by atoms with van der Waals surface area (Å²) in [6, 6.07) is 1.69. The second-order valence-electron chi connectivity index (χ2n) is 6.43. The van der Waals surface area contributed by atoms with E-state index in [1.165, 1.54) is 5.57 Å². The summed E-state index contributed by atoms with van der Waals surface area (Å²) in [4.78, 5) is 21.4. The van der Waals surface area contributed by atoms with Crippen LogP contribution in [0.5, 0.6) is 0 Å². The van der Waals surface area contributed by atoms with Crippen LogP contribution in [-0.2, 0) is 9.47 Å². The maximum absolute atomic E-state index is 12.8. The zero-order chi connectivity index (χ0) is 17.8. The summed E-state index contributed by atoms with van der Waals surface area (Å²) < 4.78 is 13.1. The number of nitrogens with one attached hydrogen (secondary N) is 1. The summed E-state index contributed by atoms with van der Waals surface area (Å²) in [5.41, 5.74) is 2.37. The number of allylic oxidation sites excluding steroid dienone is 1. The van der Waals surface area contributed by atoms with E-state index in [-0.39, 0.29) is 18.1 Å². The van der Waals surface area contributed by atoms with E-state index in [2.05, 4.69) is 15.3 Å². The van der Waals surface area contributed by atoms with Crippen molar-refractivity contribution in [3.8, 4) is 0 Å². The van der Waals surface area contributed by atoms with Crippen LogP contribution in [-0.4, -0.2) is 52.2 Å². The number of imidazole rings is 1. The Morgan fingerprint density at radius 2 is 2.36 bits per heavy atom. The van der Waals surface area contributed by atoms with Crippen LogP contribution in [0, 0.1) is 6.92 Å². The lowest BCUT2D eigenvalue weighted by atomic mass is 10.1. The molecule has 134 valence electrons. The zero-order valence-electron chi connectivity index (χ0n) is 14.9. The molecule has 0 radical (unpaired) electrons. The van der Waals surface area contributed by atoms with Crippen LogP contribution in [0.25, 0.3) is 5.78 Å². The second-order valence-corrected chi connectivity index (χ2v) is 6.43. The van der Waals surface area contributed by atoms with Crippen LogP contribution < -0.4 is 5.32 Å². The third-order valence-corrected chi connectivity index (χ3v) is 4.22. The normalized spacial score (nSPS) is 20.4. The van der Waals surface area contributed by atoms with E-state index >= 15 is 0 Å². The Balaban J connectivity index is 1.73. The average molecular weight is 344 g/mol. The Kier molecular flexibility index (Phi) is 5.45. The van der Waals surface area contributed by atoms with Gasteiger partial charge in [-0.2, -0.15) is 0 Å². The van der Waals surface area contributed by atoms with Gasteiger partial charge in [-0.1, -0.05) is 11.6 Å². The van der Waals surface area contributed by atoms with Crippen molar-refractivity contribution in [1.29, 1.82) is 0 Å². The predicted molar refractivity (Wildman–Crippen MR) is 93.6 cm³/mol. The molecule has 0 unspecified atom stereocenters. The van der Waals surface area contributed by atoms with Gasteiger partial charge in [-0.15, -0.1) is 0 Å². The molecule has 0 aromatic carbocycles. The molecular formula is C18H24N4O3. The minimum Gasteiger partial charge on any atom is -0.379 e. The predicted octanol–water partition coefficient (Wildman–Crippen LogP) is 1.91. The van der Waals surface area contributed by atoms with Crippen LogP contribution in [0.2, 0.25) is 0 Å². The fourth-order valence-electron chi connectivity index (χ4n) is 2.89. The summed E-state index contributed by atoms with van der Waals surface area (Å²) in [5.74, 6) is 0.356. The Hall–Kier alpha value is -2.25. The van der Waals surface area contributed by atoms with Gasteiger partial charge in [-0.05, 0) is 33.3 Å². The highest BCUT2D eigenvalue weighted by atomic mass is 16.5. The van der Waals surface area contributed by atoms with Crippen LogP contribution in [0.15, 0.2) is 30.1 Å². The molecule has 2 atom stereocenters. The first-order valence-electron chi connectivity index (χ1n) is 8.49. The van der Waals surface area contributed by atoms with Crippen molar-refractivity contribution in [3.63, 3.8) is 0 Å². The summed E-state index contributed by atoms with van der Waals surface area (Å²) >= 11 is 0. The molecule has 0 spiro atoms. The number of hydrogen-bond acceptors (Lipinski definition) is 5. The van der Waals surface area contributed by atoms with E-state index in [1.807, 2.05) is 26.8 Å². The molecule has 1 aliphatic rings. The first kappa shape index (κ1) is 17.6. The van der Waals surface area contributed by atoms with E-state index in [1.54, 1.807) is 22.9 Å². The second kappa shape index (κ2) is 7.76. The zero-order valence-corrected chi connectivity index (χ0v) is 14.9. The Labute approximate surface area is 147 Å². The van der Waals surface area contributed by atoms with E-state index in [0.717, 1.165) is 6.42 Å². The van der Waals surface area contributed by atoms with E-state index in [4.69, 9.17) is 9.47 Å². The summed E-state index contributed by atoms with van der Waals surface area (Å²) in [5, 5.41) is 3.09. The summed E-state index contributed by atoms with van der Waals surface area (Å²) in [7, 11) is 0. The smallest absolute Gasteiger partial charge is 0.270 e. The molecule has 0 bridgehead atoms. The largest absolute Gasteiger partial charge is 0.379 e. The fraction of sp³-hybridized carbons (Fsp3) is 0.500. The molecule has 0 aliphatic carbocycles. The first-order chi connectivity index (χ1) is 12.1. The number of carbonyl (C=O) groups is 1. The van der Waals surface area contributed by atoms with E-state index < -0.39 is 0 Å². The number of carbonyl (C=O) groups excluding carboxylic acids is 1. The molecule has 2 aromatic rings. The van der Waals surface area contributed by atoms with Crippen molar-refractivity contribution < 1.29 is 14.3 Å². The number of ether oxygens (including phenoxy) is 2. The van der Waals surface area contributed by atoms with Crippen LogP contribution in [0.4, 0.5) is 0 Å². The number of aromatic nitrogens is 3. The highest BCUT2D eigenvalue weighted by Gasteiger charge is 2.29. The van der Waals surface area contributed by atoms with Crippen molar-refractivity contribution in [2.75, 3.05) is 19.8 Å². The average Bonchev–Trinajstić information content (AvgIpc) is 2.92. The lowest BCUT2D eigenvalue weighted by Crippen LogP contribution is -2.50. The van der Waals surface area contributed by atoms with Crippen molar-refractivity contribution in [2.24, 2.45) is 0 Å².